The van der Waals surface area contributed by atoms with Gasteiger partial charge in [-0.25, -0.2) is 0 Å². The van der Waals surface area contributed by atoms with Gasteiger partial charge in [-0.15, -0.1) is 0 Å². The average molecular weight is 511 g/mol. The van der Waals surface area contributed by atoms with Gasteiger partial charge in [0.15, 0.2) is 6.29 Å². The van der Waals surface area contributed by atoms with Crippen LogP contribution in [0.3, 0.4) is 0 Å². The van der Waals surface area contributed by atoms with Crippen molar-refractivity contribution in [2.75, 3.05) is 6.61 Å². The van der Waals surface area contributed by atoms with Crippen molar-refractivity contribution in [2.24, 2.45) is 28.6 Å². The summed E-state index contributed by atoms with van der Waals surface area (Å²) >= 11 is 0. The zero-order valence-electron chi connectivity index (χ0n) is 20.1. The van der Waals surface area contributed by atoms with Gasteiger partial charge in [0, 0.05) is 18.3 Å². The van der Waals surface area contributed by atoms with Gasteiger partial charge in [0.25, 0.3) is 0 Å². The van der Waals surface area contributed by atoms with Crippen molar-refractivity contribution in [1.82, 2.24) is 0 Å². The molecule has 4 bridgehead atoms. The number of carboxylic acid groups (broad SMARTS) is 1. The Hall–Kier alpha value is -1.60. The van der Waals surface area contributed by atoms with Gasteiger partial charge in [-0.1, -0.05) is 6.58 Å². The lowest BCUT2D eigenvalue weighted by molar-refractivity contribution is -0.317. The van der Waals surface area contributed by atoms with Gasteiger partial charge in [0.2, 0.25) is 0 Å². The number of esters is 1. The molecule has 0 unspecified atom stereocenters. The van der Waals surface area contributed by atoms with Crippen LogP contribution in [0.5, 0.6) is 0 Å². The van der Waals surface area contributed by atoms with E-state index in [1.165, 1.54) is 0 Å². The molecule has 36 heavy (non-hydrogen) atoms. The van der Waals surface area contributed by atoms with Crippen LogP contribution in [0.15, 0.2) is 12.2 Å². The minimum Gasteiger partial charge on any atom is -0.481 e. The minimum absolute atomic E-state index is 0.116. The molecule has 0 amide bonds. The number of rotatable bonds is 4. The number of aliphatic hydroxyl groups excluding tert-OH is 4. The molecule has 2 saturated heterocycles. The lowest BCUT2D eigenvalue weighted by Crippen LogP contribution is -2.60. The molecule has 6 rings (SSSR count). The van der Waals surface area contributed by atoms with Crippen molar-refractivity contribution in [3.8, 4) is 0 Å². The second kappa shape index (κ2) is 7.49. The molecule has 0 aromatic heterocycles. The van der Waals surface area contributed by atoms with E-state index in [1.54, 1.807) is 6.92 Å². The normalized spacial score (nSPS) is 57.3. The predicted octanol–water partition coefficient (Wildman–Crippen LogP) is -0.925. The number of aliphatic hydroxyl groups is 5. The lowest BCUT2D eigenvalue weighted by atomic mass is 9.59. The van der Waals surface area contributed by atoms with E-state index in [2.05, 4.69) is 6.58 Å². The molecule has 2 aliphatic heterocycles. The second-order valence-corrected chi connectivity index (χ2v) is 12.2. The third-order valence-corrected chi connectivity index (χ3v) is 10.5. The zero-order valence-corrected chi connectivity index (χ0v) is 20.1. The molecule has 0 radical (unpaired) electrons. The van der Waals surface area contributed by atoms with Crippen molar-refractivity contribution in [3.05, 3.63) is 12.2 Å². The Morgan fingerprint density at radius 1 is 1.19 bits per heavy atom. The Balaban J connectivity index is 1.37. The fourth-order valence-corrected chi connectivity index (χ4v) is 9.21. The maximum absolute atomic E-state index is 13.3. The van der Waals surface area contributed by atoms with E-state index >= 15 is 0 Å². The van der Waals surface area contributed by atoms with E-state index in [0.717, 1.165) is 0 Å². The van der Waals surface area contributed by atoms with Gasteiger partial charge in [0.05, 0.1) is 29.6 Å². The number of aliphatic carboxylic acids is 1. The first-order valence-corrected chi connectivity index (χ1v) is 12.7. The molecule has 11 nitrogen and oxygen atoms in total. The van der Waals surface area contributed by atoms with E-state index in [-0.39, 0.29) is 25.2 Å². The van der Waals surface area contributed by atoms with Crippen LogP contribution in [0.1, 0.15) is 45.4 Å². The van der Waals surface area contributed by atoms with Crippen LogP contribution in [-0.4, -0.2) is 97.2 Å². The monoisotopic (exact) mass is 510 g/mol. The summed E-state index contributed by atoms with van der Waals surface area (Å²) in [5.74, 6) is -3.33. The number of hydrogen-bond donors (Lipinski definition) is 6. The molecule has 200 valence electrons. The highest BCUT2D eigenvalue weighted by Crippen LogP contribution is 2.78. The summed E-state index contributed by atoms with van der Waals surface area (Å²) in [7, 11) is 0. The molecule has 0 aromatic carbocycles. The van der Waals surface area contributed by atoms with Crippen LogP contribution in [0.4, 0.5) is 0 Å². The Morgan fingerprint density at radius 3 is 2.58 bits per heavy atom. The summed E-state index contributed by atoms with van der Waals surface area (Å²) in [6.45, 7) is 5.17. The second-order valence-electron chi connectivity index (χ2n) is 12.2. The first kappa shape index (κ1) is 24.7. The Labute approximate surface area is 207 Å². The van der Waals surface area contributed by atoms with Crippen LogP contribution in [0, 0.1) is 28.6 Å². The number of hydrogen-bond acceptors (Lipinski definition) is 10. The molecular formula is C25H34O11. The summed E-state index contributed by atoms with van der Waals surface area (Å²) in [5, 5.41) is 61.9. The SMILES string of the molecule is C=C1C[C@]23C[C@@]1(O)CC[C@@H]2[C@@]12C[C@H](O[C@H]4O[C@H](CO)[C@@H](O)[C@H](O)[C@H]4O)C[C@@](C)(C(=O)O1)[C@H]2[C@@H]3C(=O)O. The van der Waals surface area contributed by atoms with E-state index < -0.39 is 89.2 Å². The van der Waals surface area contributed by atoms with Crippen LogP contribution < -0.4 is 0 Å². The highest BCUT2D eigenvalue weighted by atomic mass is 16.7. The fraction of sp³-hybridized carbons (Fsp3) is 0.840. The third-order valence-electron chi connectivity index (χ3n) is 10.5. The van der Waals surface area contributed by atoms with Gasteiger partial charge in [-0.2, -0.15) is 0 Å². The molecule has 6 fully saturated rings. The van der Waals surface area contributed by atoms with E-state index in [1.807, 2.05) is 0 Å². The number of ether oxygens (including phenoxy) is 3. The lowest BCUT2D eigenvalue weighted by Gasteiger charge is -2.48. The number of carboxylic acids is 1. The Morgan fingerprint density at radius 2 is 1.92 bits per heavy atom. The van der Waals surface area contributed by atoms with Crippen molar-refractivity contribution in [3.63, 3.8) is 0 Å². The largest absolute Gasteiger partial charge is 0.481 e. The fourth-order valence-electron chi connectivity index (χ4n) is 9.21. The van der Waals surface area contributed by atoms with E-state index in [0.29, 0.717) is 24.8 Å². The molecule has 2 heterocycles. The van der Waals surface area contributed by atoms with Crippen LogP contribution in [-0.2, 0) is 23.8 Å². The molecule has 4 aliphatic carbocycles. The molecule has 11 heteroatoms. The Bertz CT molecular complexity index is 1010. The quantitative estimate of drug-likeness (QED) is 0.203. The number of fused-ring (bicyclic) bond motifs is 1. The Kier molecular flexibility index (Phi) is 5.15. The molecule has 4 saturated carbocycles. The summed E-state index contributed by atoms with van der Waals surface area (Å²) in [6.07, 6.45) is -6.12. The smallest absolute Gasteiger partial charge is 0.312 e. The summed E-state index contributed by atoms with van der Waals surface area (Å²) in [5.41, 5.74) is -3.59. The van der Waals surface area contributed by atoms with E-state index in [4.69, 9.17) is 14.2 Å². The highest BCUT2D eigenvalue weighted by Gasteiger charge is 2.84. The maximum Gasteiger partial charge on any atom is 0.312 e. The maximum atomic E-state index is 13.3. The number of carbonyl (C=O) groups is 2. The summed E-state index contributed by atoms with van der Waals surface area (Å²) in [6, 6.07) is 0. The molecule has 1 spiro atoms. The molecule has 0 aromatic rings. The average Bonchev–Trinajstić information content (AvgIpc) is 3.21. The first-order valence-electron chi connectivity index (χ1n) is 12.7. The number of carbonyl (C=O) groups excluding carboxylic acids is 1. The van der Waals surface area contributed by atoms with Crippen molar-refractivity contribution in [2.45, 2.75) is 93.5 Å². The molecule has 13 atom stereocenters. The predicted molar refractivity (Wildman–Crippen MR) is 118 cm³/mol. The van der Waals surface area contributed by atoms with Crippen LogP contribution in [0.2, 0.25) is 0 Å². The first-order chi connectivity index (χ1) is 16.8. The third kappa shape index (κ3) is 2.82. The molecule has 6 aliphatic rings. The van der Waals surface area contributed by atoms with Crippen molar-refractivity contribution >= 4 is 11.9 Å². The van der Waals surface area contributed by atoms with E-state index in [9.17, 15) is 40.2 Å². The van der Waals surface area contributed by atoms with Crippen LogP contribution in [0.25, 0.3) is 0 Å². The summed E-state index contributed by atoms with van der Waals surface area (Å²) < 4.78 is 17.8. The minimum atomic E-state index is -1.60. The standard InChI is InChI=1S/C25H34O11/c1-10-5-23-9-24(10,33)4-3-13(23)25-7-11(34-20-17(29)16(28)15(27)12(8-26)35-20)6-22(2,21(32)36-25)18(25)14(23)19(30)31/h11-18,20,26-29,33H,1,3-9H2,2H3,(H,30,31)/t11-,12-,13+,14-,15-,16+,17-,18-,20+,22-,23+,24+,25-/m1/s1. The van der Waals surface area contributed by atoms with Gasteiger partial charge in [-0.05, 0) is 50.0 Å². The van der Waals surface area contributed by atoms with Gasteiger partial charge >= 0.3 is 11.9 Å². The van der Waals surface area contributed by atoms with Crippen LogP contribution >= 0.6 is 0 Å². The van der Waals surface area contributed by atoms with Gasteiger partial charge in [0.1, 0.15) is 30.0 Å². The molecular weight excluding hydrogens is 476 g/mol. The van der Waals surface area contributed by atoms with Gasteiger partial charge < -0.3 is 44.8 Å². The highest BCUT2D eigenvalue weighted by molar-refractivity contribution is 5.85. The van der Waals surface area contributed by atoms with Crippen molar-refractivity contribution < 1.29 is 54.4 Å². The topological polar surface area (TPSA) is 183 Å². The van der Waals surface area contributed by atoms with Gasteiger partial charge in [-0.3, -0.25) is 9.59 Å². The summed E-state index contributed by atoms with van der Waals surface area (Å²) in [4.78, 5) is 26.1. The zero-order chi connectivity index (χ0) is 26.0. The molecule has 6 N–H and O–H groups in total. The van der Waals surface area contributed by atoms with Crippen molar-refractivity contribution in [1.29, 1.82) is 0 Å².